The third-order valence-corrected chi connectivity index (χ3v) is 4.21. The molecule has 0 atom stereocenters. The van der Waals surface area contributed by atoms with Gasteiger partial charge in [0.1, 0.15) is 11.6 Å². The topological polar surface area (TPSA) is 41.6 Å². The molecular weight excluding hydrogens is 319 g/mol. The molecule has 134 valence electrons. The van der Waals surface area contributed by atoms with Gasteiger partial charge in [0.25, 0.3) is 0 Å². The van der Waals surface area contributed by atoms with E-state index < -0.39 is 0 Å². The molecule has 0 bridgehead atoms. The fourth-order valence-electron chi connectivity index (χ4n) is 2.55. The summed E-state index contributed by atoms with van der Waals surface area (Å²) in [5.74, 6) is 0.505. The Balaban J connectivity index is 1.93. The van der Waals surface area contributed by atoms with Crippen LogP contribution in [0.5, 0.6) is 5.75 Å². The number of urea groups is 1. The quantitative estimate of drug-likeness (QED) is 0.862. The highest BCUT2D eigenvalue weighted by atomic mass is 19.1. The summed E-state index contributed by atoms with van der Waals surface area (Å²) in [6.45, 7) is 4.98. The smallest absolute Gasteiger partial charge is 0.317 e. The molecule has 5 heteroatoms. The van der Waals surface area contributed by atoms with Gasteiger partial charge in [-0.2, -0.15) is 0 Å². The Hall–Kier alpha value is -2.56. The Morgan fingerprint density at radius 2 is 1.88 bits per heavy atom. The number of hydrogen-bond donors (Lipinski definition) is 1. The van der Waals surface area contributed by atoms with E-state index in [0.29, 0.717) is 13.1 Å². The number of ether oxygens (including phenoxy) is 1. The van der Waals surface area contributed by atoms with Crippen molar-refractivity contribution in [3.05, 3.63) is 65.5 Å². The van der Waals surface area contributed by atoms with E-state index in [1.165, 1.54) is 12.1 Å². The van der Waals surface area contributed by atoms with E-state index in [2.05, 4.69) is 5.32 Å². The van der Waals surface area contributed by atoms with Crippen LogP contribution in [0.2, 0.25) is 0 Å². The minimum Gasteiger partial charge on any atom is -0.497 e. The van der Waals surface area contributed by atoms with Crippen LogP contribution < -0.4 is 10.1 Å². The first-order valence-electron chi connectivity index (χ1n) is 8.20. The Bertz CT molecular complexity index is 714. The van der Waals surface area contributed by atoms with Crippen LogP contribution in [0.1, 0.15) is 25.0 Å². The van der Waals surface area contributed by atoms with Gasteiger partial charge in [-0.05, 0) is 35.4 Å². The predicted octanol–water partition coefficient (Wildman–Crippen LogP) is 3.95. The van der Waals surface area contributed by atoms with Crippen LogP contribution in [-0.4, -0.2) is 31.6 Å². The van der Waals surface area contributed by atoms with Crippen molar-refractivity contribution >= 4 is 6.03 Å². The van der Waals surface area contributed by atoms with Crippen molar-refractivity contribution in [2.75, 3.05) is 20.7 Å². The lowest BCUT2D eigenvalue weighted by Crippen LogP contribution is -2.42. The van der Waals surface area contributed by atoms with Gasteiger partial charge in [-0.25, -0.2) is 9.18 Å². The highest BCUT2D eigenvalue weighted by Gasteiger charge is 2.22. The van der Waals surface area contributed by atoms with E-state index >= 15 is 0 Å². The minimum absolute atomic E-state index is 0.155. The first kappa shape index (κ1) is 18.8. The molecule has 0 aromatic heterocycles. The van der Waals surface area contributed by atoms with E-state index in [1.54, 1.807) is 31.2 Å². The first-order valence-corrected chi connectivity index (χ1v) is 8.20. The monoisotopic (exact) mass is 344 g/mol. The number of amides is 2. The molecule has 2 rings (SSSR count). The summed E-state index contributed by atoms with van der Waals surface area (Å²) in [5, 5.41) is 2.95. The molecule has 0 spiro atoms. The van der Waals surface area contributed by atoms with Crippen LogP contribution >= 0.6 is 0 Å². The van der Waals surface area contributed by atoms with E-state index in [9.17, 15) is 9.18 Å². The molecule has 0 fully saturated rings. The summed E-state index contributed by atoms with van der Waals surface area (Å²) in [5.41, 5.74) is 1.68. The summed E-state index contributed by atoms with van der Waals surface area (Å²) < 4.78 is 18.3. The molecular formula is C20H25FN2O2. The van der Waals surface area contributed by atoms with Gasteiger partial charge in [-0.15, -0.1) is 0 Å². The Labute approximate surface area is 148 Å². The van der Waals surface area contributed by atoms with Crippen LogP contribution in [0.4, 0.5) is 9.18 Å². The van der Waals surface area contributed by atoms with Crippen LogP contribution in [0, 0.1) is 5.82 Å². The van der Waals surface area contributed by atoms with Gasteiger partial charge in [-0.1, -0.05) is 38.1 Å². The minimum atomic E-state index is -0.292. The molecule has 0 saturated carbocycles. The molecule has 2 aromatic rings. The van der Waals surface area contributed by atoms with Crippen LogP contribution in [0.15, 0.2) is 48.5 Å². The number of halogens is 1. The zero-order chi connectivity index (χ0) is 18.4. The Morgan fingerprint density at radius 3 is 2.52 bits per heavy atom. The molecule has 2 amide bonds. The number of rotatable bonds is 6. The SMILES string of the molecule is COc1cccc(CN(C)C(=O)NCC(C)(C)c2ccc(F)cc2)c1. The summed E-state index contributed by atoms with van der Waals surface area (Å²) in [4.78, 5) is 14.0. The fraction of sp³-hybridized carbons (Fsp3) is 0.350. The summed E-state index contributed by atoms with van der Waals surface area (Å²) >= 11 is 0. The summed E-state index contributed by atoms with van der Waals surface area (Å²) in [7, 11) is 3.37. The van der Waals surface area contributed by atoms with Crippen LogP contribution in [-0.2, 0) is 12.0 Å². The normalized spacial score (nSPS) is 11.1. The number of nitrogens with one attached hydrogen (secondary N) is 1. The lowest BCUT2D eigenvalue weighted by molar-refractivity contribution is 0.204. The average Bonchev–Trinajstić information content (AvgIpc) is 2.60. The Morgan fingerprint density at radius 1 is 1.20 bits per heavy atom. The molecule has 0 radical (unpaired) electrons. The third-order valence-electron chi connectivity index (χ3n) is 4.21. The number of hydrogen-bond acceptors (Lipinski definition) is 2. The molecule has 0 aliphatic carbocycles. The van der Waals surface area contributed by atoms with Crippen molar-refractivity contribution in [2.24, 2.45) is 0 Å². The van der Waals surface area contributed by atoms with Gasteiger partial charge in [0.15, 0.2) is 0 Å². The zero-order valence-corrected chi connectivity index (χ0v) is 15.2. The second-order valence-corrected chi connectivity index (χ2v) is 6.76. The second-order valence-electron chi connectivity index (χ2n) is 6.76. The molecule has 0 heterocycles. The van der Waals surface area contributed by atoms with Gasteiger partial charge in [0, 0.05) is 25.6 Å². The molecule has 1 N–H and O–H groups in total. The molecule has 2 aromatic carbocycles. The zero-order valence-electron chi connectivity index (χ0n) is 15.2. The fourth-order valence-corrected chi connectivity index (χ4v) is 2.55. The van der Waals surface area contributed by atoms with Crippen LogP contribution in [0.25, 0.3) is 0 Å². The first-order chi connectivity index (χ1) is 11.8. The van der Waals surface area contributed by atoms with E-state index in [1.807, 2.05) is 38.1 Å². The highest BCUT2D eigenvalue weighted by Crippen LogP contribution is 2.22. The van der Waals surface area contributed by atoms with Crippen LogP contribution in [0.3, 0.4) is 0 Å². The summed E-state index contributed by atoms with van der Waals surface area (Å²) in [6, 6.07) is 13.9. The van der Waals surface area contributed by atoms with E-state index in [4.69, 9.17) is 4.74 Å². The van der Waals surface area contributed by atoms with E-state index in [0.717, 1.165) is 16.9 Å². The number of nitrogens with zero attached hydrogens (tertiary/aromatic N) is 1. The molecule has 0 saturated heterocycles. The maximum atomic E-state index is 13.1. The lowest BCUT2D eigenvalue weighted by atomic mass is 9.84. The molecule has 0 aliphatic rings. The lowest BCUT2D eigenvalue weighted by Gasteiger charge is -2.27. The van der Waals surface area contributed by atoms with E-state index in [-0.39, 0.29) is 17.3 Å². The van der Waals surface area contributed by atoms with Crippen molar-refractivity contribution in [2.45, 2.75) is 25.8 Å². The van der Waals surface area contributed by atoms with Gasteiger partial charge < -0.3 is 15.0 Å². The number of methoxy groups -OCH3 is 1. The van der Waals surface area contributed by atoms with Gasteiger partial charge >= 0.3 is 6.03 Å². The molecule has 0 unspecified atom stereocenters. The van der Waals surface area contributed by atoms with Gasteiger partial charge in [0.2, 0.25) is 0 Å². The van der Waals surface area contributed by atoms with Crippen molar-refractivity contribution in [3.8, 4) is 5.75 Å². The van der Waals surface area contributed by atoms with Crippen molar-refractivity contribution in [1.82, 2.24) is 10.2 Å². The summed E-state index contributed by atoms with van der Waals surface area (Å²) in [6.07, 6.45) is 0. The standard InChI is InChI=1S/C20H25FN2O2/c1-20(2,16-8-10-17(21)11-9-16)14-22-19(24)23(3)13-15-6-5-7-18(12-15)25-4/h5-12H,13-14H2,1-4H3,(H,22,24). The van der Waals surface area contributed by atoms with Crippen molar-refractivity contribution < 1.29 is 13.9 Å². The van der Waals surface area contributed by atoms with Crippen molar-refractivity contribution in [3.63, 3.8) is 0 Å². The number of carbonyl (C=O) groups excluding carboxylic acids is 1. The van der Waals surface area contributed by atoms with Crippen molar-refractivity contribution in [1.29, 1.82) is 0 Å². The third kappa shape index (κ3) is 5.21. The number of benzene rings is 2. The highest BCUT2D eigenvalue weighted by molar-refractivity contribution is 5.74. The largest absolute Gasteiger partial charge is 0.497 e. The molecule has 25 heavy (non-hydrogen) atoms. The van der Waals surface area contributed by atoms with Gasteiger partial charge in [-0.3, -0.25) is 0 Å². The maximum Gasteiger partial charge on any atom is 0.317 e. The number of carbonyl (C=O) groups is 1. The maximum absolute atomic E-state index is 13.1. The average molecular weight is 344 g/mol. The molecule has 4 nitrogen and oxygen atoms in total. The predicted molar refractivity (Wildman–Crippen MR) is 97.3 cm³/mol. The molecule has 0 aliphatic heterocycles. The Kier molecular flexibility index (Phi) is 6.02. The second kappa shape index (κ2) is 8.01. The van der Waals surface area contributed by atoms with Gasteiger partial charge in [0.05, 0.1) is 7.11 Å².